The van der Waals surface area contributed by atoms with Crippen LogP contribution in [0, 0.1) is 0 Å². The molecule has 2 aliphatic rings. The molecule has 5 aromatic carbocycles. The normalized spacial score (nSPS) is 12.9. The van der Waals surface area contributed by atoms with Crippen molar-refractivity contribution >= 4 is 44.9 Å². The Labute approximate surface area is 186 Å². The zero-order chi connectivity index (χ0) is 20.8. The smallest absolute Gasteiger partial charge is 0.249 e. The number of hydrogen-bond donors (Lipinski definition) is 0. The Hall–Kier alpha value is -4.04. The first-order valence-corrected chi connectivity index (χ1v) is 11.3. The van der Waals surface area contributed by atoms with Crippen molar-refractivity contribution < 1.29 is 0 Å². The molecule has 0 bridgehead atoms. The second-order valence-corrected chi connectivity index (χ2v) is 8.90. The molecule has 0 fully saturated rings. The van der Waals surface area contributed by atoms with E-state index in [-0.39, 0.29) is 6.71 Å². The van der Waals surface area contributed by atoms with Crippen LogP contribution in [-0.4, -0.2) is 11.3 Å². The van der Waals surface area contributed by atoms with E-state index in [9.17, 15) is 0 Å². The summed E-state index contributed by atoms with van der Waals surface area (Å²) >= 11 is 0. The van der Waals surface area contributed by atoms with Gasteiger partial charge in [0.05, 0.1) is 5.52 Å². The molecule has 0 atom stereocenters. The minimum atomic E-state index is 0.258. The molecule has 2 aliphatic heterocycles. The largest absolute Gasteiger partial charge is 0.310 e. The van der Waals surface area contributed by atoms with Crippen LogP contribution in [0.5, 0.6) is 0 Å². The van der Waals surface area contributed by atoms with Crippen molar-refractivity contribution in [3.63, 3.8) is 0 Å². The highest BCUT2D eigenvalue weighted by molar-refractivity contribution is 7.02. The van der Waals surface area contributed by atoms with Crippen LogP contribution in [0.15, 0.2) is 109 Å². The first-order valence-electron chi connectivity index (χ1n) is 11.3. The van der Waals surface area contributed by atoms with Crippen LogP contribution >= 0.6 is 0 Å². The summed E-state index contributed by atoms with van der Waals surface area (Å²) in [6.45, 7) is 0.258. The fourth-order valence-corrected chi connectivity index (χ4v) is 6.25. The molecule has 0 N–H and O–H groups in total. The highest BCUT2D eigenvalue weighted by Gasteiger charge is 2.42. The van der Waals surface area contributed by atoms with Crippen LogP contribution in [0.2, 0.25) is 0 Å². The highest BCUT2D eigenvalue weighted by atomic mass is 15.0. The van der Waals surface area contributed by atoms with Crippen molar-refractivity contribution in [3.8, 4) is 27.9 Å². The van der Waals surface area contributed by atoms with Gasteiger partial charge in [-0.15, -0.1) is 0 Å². The van der Waals surface area contributed by atoms with E-state index in [1.54, 1.807) is 0 Å². The molecule has 2 heteroatoms. The van der Waals surface area contributed by atoms with Crippen molar-refractivity contribution in [2.75, 3.05) is 0 Å². The average molecular weight is 403 g/mol. The number of aromatic nitrogens is 1. The van der Waals surface area contributed by atoms with Gasteiger partial charge < -0.3 is 4.57 Å². The lowest BCUT2D eigenvalue weighted by Crippen LogP contribution is -2.53. The summed E-state index contributed by atoms with van der Waals surface area (Å²) in [5.41, 5.74) is 13.7. The molecule has 0 unspecified atom stereocenters. The van der Waals surface area contributed by atoms with Gasteiger partial charge in [0.25, 0.3) is 0 Å². The molecule has 0 saturated heterocycles. The third kappa shape index (κ3) is 1.87. The number of benzene rings is 5. The van der Waals surface area contributed by atoms with E-state index in [1.807, 2.05) is 0 Å². The highest BCUT2D eigenvalue weighted by Crippen LogP contribution is 2.38. The Balaban J connectivity index is 1.58. The molecule has 6 aromatic rings. The first kappa shape index (κ1) is 16.6. The molecule has 32 heavy (non-hydrogen) atoms. The first-order chi connectivity index (χ1) is 15.9. The van der Waals surface area contributed by atoms with Crippen molar-refractivity contribution in [2.45, 2.75) is 0 Å². The van der Waals surface area contributed by atoms with Crippen LogP contribution in [0.4, 0.5) is 0 Å². The second kappa shape index (κ2) is 5.80. The SMILES string of the molecule is c1ccc(-c2cccc3c2B2c4c-3cccc4-n3c4ccccc4c4cccc2c43)cc1. The molecule has 8 rings (SSSR count). The van der Waals surface area contributed by atoms with Gasteiger partial charge in [0.1, 0.15) is 0 Å². The summed E-state index contributed by atoms with van der Waals surface area (Å²) in [5.74, 6) is 0. The maximum absolute atomic E-state index is 2.50. The van der Waals surface area contributed by atoms with Gasteiger partial charge in [-0.05, 0) is 45.3 Å². The Bertz CT molecular complexity index is 1730. The lowest BCUT2D eigenvalue weighted by Gasteiger charge is -2.25. The topological polar surface area (TPSA) is 4.93 Å². The Kier molecular flexibility index (Phi) is 3.02. The number of para-hydroxylation sites is 2. The standard InChI is InChI=1S/C30H18BN/c1-2-9-19(10-3-1)20-12-6-13-22-23-14-8-18-27-29(23)31(28(20)22)25-16-7-15-24-21-11-4-5-17-26(21)32(27)30(24)25/h1-18H. The van der Waals surface area contributed by atoms with Gasteiger partial charge in [0.2, 0.25) is 6.71 Å². The lowest BCUT2D eigenvalue weighted by molar-refractivity contribution is 1.19. The van der Waals surface area contributed by atoms with E-state index in [2.05, 4.69) is 114 Å². The molecule has 0 radical (unpaired) electrons. The van der Waals surface area contributed by atoms with Crippen LogP contribution in [-0.2, 0) is 0 Å². The van der Waals surface area contributed by atoms with E-state index < -0.39 is 0 Å². The molecule has 1 aromatic heterocycles. The quantitative estimate of drug-likeness (QED) is 0.330. The van der Waals surface area contributed by atoms with E-state index in [4.69, 9.17) is 0 Å². The third-order valence-corrected chi connectivity index (χ3v) is 7.42. The maximum atomic E-state index is 2.50. The molecule has 0 saturated carbocycles. The molecule has 1 nitrogen and oxygen atoms in total. The minimum absolute atomic E-state index is 0.258. The van der Waals surface area contributed by atoms with E-state index >= 15 is 0 Å². The maximum Gasteiger partial charge on any atom is 0.249 e. The Morgan fingerprint density at radius 3 is 2.09 bits per heavy atom. The minimum Gasteiger partial charge on any atom is -0.310 e. The van der Waals surface area contributed by atoms with Gasteiger partial charge >= 0.3 is 0 Å². The zero-order valence-corrected chi connectivity index (χ0v) is 17.4. The number of hydrogen-bond acceptors (Lipinski definition) is 0. The third-order valence-electron chi connectivity index (χ3n) is 7.42. The van der Waals surface area contributed by atoms with Gasteiger partial charge in [0, 0.05) is 22.0 Å². The summed E-state index contributed by atoms with van der Waals surface area (Å²) in [7, 11) is 0. The fraction of sp³-hybridized carbons (Fsp3) is 0. The number of fused-ring (bicyclic) bond motifs is 8. The summed E-state index contributed by atoms with van der Waals surface area (Å²) < 4.78 is 2.50. The average Bonchev–Trinajstić information content (AvgIpc) is 3.38. The molecule has 3 heterocycles. The van der Waals surface area contributed by atoms with E-state index in [0.717, 1.165) is 0 Å². The number of rotatable bonds is 1. The van der Waals surface area contributed by atoms with Crippen molar-refractivity contribution in [1.82, 2.24) is 4.57 Å². The fourth-order valence-electron chi connectivity index (χ4n) is 6.25. The Morgan fingerprint density at radius 1 is 0.500 bits per heavy atom. The van der Waals surface area contributed by atoms with Crippen molar-refractivity contribution in [2.24, 2.45) is 0 Å². The molecule has 0 spiro atoms. The van der Waals surface area contributed by atoms with Gasteiger partial charge in [0.15, 0.2) is 0 Å². The van der Waals surface area contributed by atoms with Gasteiger partial charge in [-0.2, -0.15) is 0 Å². The second-order valence-electron chi connectivity index (χ2n) is 8.90. The zero-order valence-electron chi connectivity index (χ0n) is 17.4. The summed E-state index contributed by atoms with van der Waals surface area (Å²) in [6.07, 6.45) is 0. The van der Waals surface area contributed by atoms with Crippen molar-refractivity contribution in [3.05, 3.63) is 109 Å². The van der Waals surface area contributed by atoms with Crippen LogP contribution in [0.1, 0.15) is 0 Å². The molecular weight excluding hydrogens is 385 g/mol. The van der Waals surface area contributed by atoms with Crippen LogP contribution < -0.4 is 16.4 Å². The van der Waals surface area contributed by atoms with Crippen LogP contribution in [0.3, 0.4) is 0 Å². The van der Waals surface area contributed by atoms with Gasteiger partial charge in [-0.3, -0.25) is 0 Å². The molecule has 0 aliphatic carbocycles. The van der Waals surface area contributed by atoms with E-state index in [1.165, 1.54) is 66.1 Å². The van der Waals surface area contributed by atoms with Gasteiger partial charge in [-0.25, -0.2) is 0 Å². The van der Waals surface area contributed by atoms with Crippen molar-refractivity contribution in [1.29, 1.82) is 0 Å². The number of nitrogens with zero attached hydrogens (tertiary/aromatic N) is 1. The summed E-state index contributed by atoms with van der Waals surface area (Å²) in [4.78, 5) is 0. The predicted molar refractivity (Wildman–Crippen MR) is 136 cm³/mol. The monoisotopic (exact) mass is 403 g/mol. The molecule has 0 amide bonds. The molecular formula is C30H18BN. The van der Waals surface area contributed by atoms with E-state index in [0.29, 0.717) is 0 Å². The van der Waals surface area contributed by atoms with Gasteiger partial charge in [-0.1, -0.05) is 103 Å². The summed E-state index contributed by atoms with van der Waals surface area (Å²) in [5, 5.41) is 2.68. The molecule has 146 valence electrons. The summed E-state index contributed by atoms with van der Waals surface area (Å²) in [6, 6.07) is 40.2. The predicted octanol–water partition coefficient (Wildman–Crippen LogP) is 5.26. The lowest BCUT2D eigenvalue weighted by atomic mass is 9.36. The Morgan fingerprint density at radius 2 is 1.19 bits per heavy atom. The van der Waals surface area contributed by atoms with Crippen LogP contribution in [0.25, 0.3) is 49.7 Å².